The fraction of sp³-hybridized carbons (Fsp3) is 0.903. The van der Waals surface area contributed by atoms with Crippen molar-refractivity contribution in [3.63, 3.8) is 0 Å². The number of rotatable bonds is 24. The first-order valence-corrected chi connectivity index (χ1v) is 15.5. The smallest absolute Gasteiger partial charge is 0.220 e. The molecule has 0 aromatic carbocycles. The minimum atomic E-state index is -0.438. The molecule has 3 atom stereocenters. The quantitative estimate of drug-likeness (QED) is 0.102. The van der Waals surface area contributed by atoms with Gasteiger partial charge in [-0.3, -0.25) is 4.79 Å². The zero-order chi connectivity index (χ0) is 26.1. The molecule has 1 aliphatic heterocycles. The van der Waals surface area contributed by atoms with Gasteiger partial charge in [-0.15, -0.1) is 0 Å². The van der Waals surface area contributed by atoms with E-state index in [2.05, 4.69) is 25.2 Å². The van der Waals surface area contributed by atoms with Gasteiger partial charge >= 0.3 is 0 Å². The second kappa shape index (κ2) is 24.4. The normalized spacial score (nSPS) is 17.9. The van der Waals surface area contributed by atoms with Crippen LogP contribution in [0.4, 0.5) is 0 Å². The van der Waals surface area contributed by atoms with Gasteiger partial charge in [0.2, 0.25) is 5.91 Å². The Kier molecular flexibility index (Phi) is 22.5. The van der Waals surface area contributed by atoms with Crippen LogP contribution in [-0.4, -0.2) is 42.7 Å². The molecule has 1 rings (SSSR count). The van der Waals surface area contributed by atoms with E-state index in [1.54, 1.807) is 0 Å². The van der Waals surface area contributed by atoms with Gasteiger partial charge in [0.1, 0.15) is 6.10 Å². The zero-order valence-corrected chi connectivity index (χ0v) is 23.8. The van der Waals surface area contributed by atoms with Crippen LogP contribution in [0.5, 0.6) is 0 Å². The van der Waals surface area contributed by atoms with Gasteiger partial charge in [-0.2, -0.15) is 0 Å². The maximum atomic E-state index is 12.5. The van der Waals surface area contributed by atoms with Crippen molar-refractivity contribution in [1.82, 2.24) is 5.32 Å². The molecule has 1 amide bonds. The summed E-state index contributed by atoms with van der Waals surface area (Å²) >= 11 is 0. The highest BCUT2D eigenvalue weighted by Crippen LogP contribution is 2.18. The molecule has 1 fully saturated rings. The summed E-state index contributed by atoms with van der Waals surface area (Å²) in [6, 6.07) is -0.438. The molecule has 36 heavy (non-hydrogen) atoms. The Labute approximate surface area is 223 Å². The largest absolute Gasteiger partial charge is 0.394 e. The number of unbranched alkanes of at least 4 members (excludes halogenated alkanes) is 15. The molecular formula is C31H59NO4. The standard InChI is InChI=1S/C31H59NO4/c1-3-5-7-9-10-11-12-13-14-15-16-18-19-23-29(36-31-25-21-22-26-35-31)28(27-33)32-30(34)24-20-17-8-6-4-2/h19,23,28-29,31,33H,3-18,20-22,24-27H2,1-2H3,(H,32,34)/b23-19+/t28-,29+,31?/m0/s1. The van der Waals surface area contributed by atoms with Gasteiger partial charge in [0.25, 0.3) is 0 Å². The summed E-state index contributed by atoms with van der Waals surface area (Å²) < 4.78 is 12.0. The Morgan fingerprint density at radius 1 is 0.889 bits per heavy atom. The third-order valence-electron chi connectivity index (χ3n) is 7.19. The van der Waals surface area contributed by atoms with E-state index in [9.17, 15) is 9.90 Å². The second-order valence-corrected chi connectivity index (χ2v) is 10.7. The maximum absolute atomic E-state index is 12.5. The number of carbonyl (C=O) groups excluding carboxylic acids is 1. The molecule has 1 saturated heterocycles. The van der Waals surface area contributed by atoms with Crippen molar-refractivity contribution in [2.24, 2.45) is 0 Å². The minimum absolute atomic E-state index is 0.00229. The molecule has 0 aromatic rings. The monoisotopic (exact) mass is 509 g/mol. The van der Waals surface area contributed by atoms with E-state index in [0.29, 0.717) is 13.0 Å². The number of nitrogens with one attached hydrogen (secondary N) is 1. The lowest BCUT2D eigenvalue weighted by Gasteiger charge is -2.30. The predicted octanol–water partition coefficient (Wildman–Crippen LogP) is 7.99. The third kappa shape index (κ3) is 18.4. The Balaban J connectivity index is 2.35. The molecule has 2 N–H and O–H groups in total. The summed E-state index contributed by atoms with van der Waals surface area (Å²) in [4.78, 5) is 12.5. The zero-order valence-electron chi connectivity index (χ0n) is 23.8. The van der Waals surface area contributed by atoms with Crippen LogP contribution in [0.1, 0.15) is 149 Å². The van der Waals surface area contributed by atoms with Crippen molar-refractivity contribution >= 4 is 5.91 Å². The highest BCUT2D eigenvalue weighted by molar-refractivity contribution is 5.76. The van der Waals surface area contributed by atoms with Crippen LogP contribution >= 0.6 is 0 Å². The third-order valence-corrected chi connectivity index (χ3v) is 7.19. The average Bonchev–Trinajstić information content (AvgIpc) is 2.89. The number of aliphatic hydroxyl groups excluding tert-OH is 1. The van der Waals surface area contributed by atoms with E-state index in [-0.39, 0.29) is 24.9 Å². The maximum Gasteiger partial charge on any atom is 0.220 e. The molecule has 1 heterocycles. The lowest BCUT2D eigenvalue weighted by molar-refractivity contribution is -0.185. The van der Waals surface area contributed by atoms with Gasteiger partial charge in [0.15, 0.2) is 6.29 Å². The Morgan fingerprint density at radius 2 is 1.47 bits per heavy atom. The molecule has 5 heteroatoms. The topological polar surface area (TPSA) is 67.8 Å². The van der Waals surface area contributed by atoms with Crippen molar-refractivity contribution < 1.29 is 19.4 Å². The number of hydrogen-bond acceptors (Lipinski definition) is 4. The molecule has 212 valence electrons. The summed E-state index contributed by atoms with van der Waals surface area (Å²) in [5, 5.41) is 13.1. The van der Waals surface area contributed by atoms with Crippen molar-refractivity contribution in [2.75, 3.05) is 13.2 Å². The fourth-order valence-corrected chi connectivity index (χ4v) is 4.82. The minimum Gasteiger partial charge on any atom is -0.394 e. The Bertz CT molecular complexity index is 519. The Hall–Kier alpha value is -0.910. The van der Waals surface area contributed by atoms with Crippen LogP contribution in [0.2, 0.25) is 0 Å². The van der Waals surface area contributed by atoms with Gasteiger partial charge in [-0.1, -0.05) is 116 Å². The number of carbonyl (C=O) groups is 1. The first-order valence-electron chi connectivity index (χ1n) is 15.5. The highest BCUT2D eigenvalue weighted by atomic mass is 16.7. The molecule has 1 aliphatic rings. The number of allylic oxidation sites excluding steroid dienone is 1. The SMILES string of the molecule is CCCCCCCCCCCCC/C=C/[C@@H](OC1CCCCO1)[C@H](CO)NC(=O)CCCCCCC. The molecule has 0 saturated carbocycles. The lowest BCUT2D eigenvalue weighted by Crippen LogP contribution is -2.47. The van der Waals surface area contributed by atoms with Gasteiger partial charge in [0.05, 0.1) is 12.6 Å². The predicted molar refractivity (Wildman–Crippen MR) is 151 cm³/mol. The van der Waals surface area contributed by atoms with Crippen molar-refractivity contribution in [1.29, 1.82) is 0 Å². The molecule has 0 spiro atoms. The van der Waals surface area contributed by atoms with E-state index in [0.717, 1.165) is 38.5 Å². The molecule has 0 bridgehead atoms. The molecule has 5 nitrogen and oxygen atoms in total. The van der Waals surface area contributed by atoms with Gasteiger partial charge < -0.3 is 19.9 Å². The fourth-order valence-electron chi connectivity index (χ4n) is 4.82. The van der Waals surface area contributed by atoms with Gasteiger partial charge in [-0.05, 0) is 38.5 Å². The molecular weight excluding hydrogens is 450 g/mol. The number of ether oxygens (including phenoxy) is 2. The lowest BCUT2D eigenvalue weighted by atomic mass is 10.0. The van der Waals surface area contributed by atoms with Crippen LogP contribution in [0.25, 0.3) is 0 Å². The van der Waals surface area contributed by atoms with E-state index in [1.807, 2.05) is 6.08 Å². The average molecular weight is 510 g/mol. The first kappa shape index (κ1) is 33.1. The van der Waals surface area contributed by atoms with Crippen molar-refractivity contribution in [3.05, 3.63) is 12.2 Å². The molecule has 0 aliphatic carbocycles. The van der Waals surface area contributed by atoms with Gasteiger partial charge in [-0.25, -0.2) is 0 Å². The summed E-state index contributed by atoms with van der Waals surface area (Å²) in [6.45, 7) is 5.04. The number of hydrogen-bond donors (Lipinski definition) is 2. The summed E-state index contributed by atoms with van der Waals surface area (Å²) in [5.74, 6) is 0.00229. The molecule has 0 radical (unpaired) electrons. The van der Waals surface area contributed by atoms with Crippen LogP contribution in [0.3, 0.4) is 0 Å². The van der Waals surface area contributed by atoms with E-state index in [4.69, 9.17) is 9.47 Å². The van der Waals surface area contributed by atoms with Crippen LogP contribution in [-0.2, 0) is 14.3 Å². The highest BCUT2D eigenvalue weighted by Gasteiger charge is 2.26. The Morgan fingerprint density at radius 3 is 2.03 bits per heavy atom. The van der Waals surface area contributed by atoms with Crippen LogP contribution < -0.4 is 5.32 Å². The summed E-state index contributed by atoms with van der Waals surface area (Å²) in [5.41, 5.74) is 0. The van der Waals surface area contributed by atoms with Crippen molar-refractivity contribution in [3.8, 4) is 0 Å². The van der Waals surface area contributed by atoms with E-state index < -0.39 is 6.04 Å². The van der Waals surface area contributed by atoms with Gasteiger partial charge in [0, 0.05) is 13.0 Å². The van der Waals surface area contributed by atoms with E-state index >= 15 is 0 Å². The second-order valence-electron chi connectivity index (χ2n) is 10.7. The molecule has 0 aromatic heterocycles. The van der Waals surface area contributed by atoms with Crippen molar-refractivity contribution in [2.45, 2.75) is 167 Å². The summed E-state index contributed by atoms with van der Waals surface area (Å²) in [6.07, 6.45) is 28.5. The van der Waals surface area contributed by atoms with E-state index in [1.165, 1.54) is 89.9 Å². The van der Waals surface area contributed by atoms with Crippen LogP contribution in [0.15, 0.2) is 12.2 Å². The first-order chi connectivity index (χ1) is 17.7. The molecule has 1 unspecified atom stereocenters. The number of aliphatic hydroxyl groups is 1. The summed E-state index contributed by atoms with van der Waals surface area (Å²) in [7, 11) is 0. The number of amides is 1. The van der Waals surface area contributed by atoms with Crippen LogP contribution in [0, 0.1) is 0 Å².